The molecule has 0 radical (unpaired) electrons. The number of aryl methyl sites for hydroxylation is 2. The minimum Gasteiger partial charge on any atom is -0.376 e. The molecular formula is C24H30N2O3. The van der Waals surface area contributed by atoms with E-state index in [2.05, 4.69) is 5.32 Å². The Kier molecular flexibility index (Phi) is 7.04. The fourth-order valence-corrected chi connectivity index (χ4v) is 3.62. The van der Waals surface area contributed by atoms with Gasteiger partial charge in [-0.15, -0.1) is 0 Å². The predicted octanol–water partition coefficient (Wildman–Crippen LogP) is 3.80. The monoisotopic (exact) mass is 394 g/mol. The van der Waals surface area contributed by atoms with E-state index in [9.17, 15) is 9.59 Å². The second kappa shape index (κ2) is 9.70. The van der Waals surface area contributed by atoms with Crippen molar-refractivity contribution in [3.63, 3.8) is 0 Å². The van der Waals surface area contributed by atoms with Gasteiger partial charge in [0.25, 0.3) is 0 Å². The zero-order chi connectivity index (χ0) is 20.8. The Hall–Kier alpha value is -2.66. The van der Waals surface area contributed by atoms with Crippen molar-refractivity contribution >= 4 is 17.5 Å². The fourth-order valence-electron chi connectivity index (χ4n) is 3.62. The average Bonchev–Trinajstić information content (AvgIpc) is 3.20. The quantitative estimate of drug-likeness (QED) is 0.777. The third kappa shape index (κ3) is 5.67. The Morgan fingerprint density at radius 2 is 1.83 bits per heavy atom. The number of hydrogen-bond donors (Lipinski definition) is 1. The third-order valence-electron chi connectivity index (χ3n) is 5.62. The van der Waals surface area contributed by atoms with Gasteiger partial charge >= 0.3 is 0 Å². The van der Waals surface area contributed by atoms with Crippen LogP contribution in [0.5, 0.6) is 0 Å². The van der Waals surface area contributed by atoms with Gasteiger partial charge in [0, 0.05) is 18.8 Å². The van der Waals surface area contributed by atoms with Gasteiger partial charge in [-0.1, -0.05) is 36.4 Å². The van der Waals surface area contributed by atoms with Crippen molar-refractivity contribution in [3.05, 3.63) is 64.7 Å². The van der Waals surface area contributed by atoms with Crippen LogP contribution in [0.15, 0.2) is 42.5 Å². The maximum absolute atomic E-state index is 13.1. The summed E-state index contributed by atoms with van der Waals surface area (Å²) in [6.45, 7) is 7.20. The number of rotatable bonds is 7. The number of anilines is 1. The molecule has 1 aliphatic heterocycles. The highest BCUT2D eigenvalue weighted by molar-refractivity contribution is 5.95. The van der Waals surface area contributed by atoms with Crippen LogP contribution < -0.4 is 5.32 Å². The minimum absolute atomic E-state index is 0.00401. The summed E-state index contributed by atoms with van der Waals surface area (Å²) < 4.78 is 5.72. The van der Waals surface area contributed by atoms with Crippen LogP contribution >= 0.6 is 0 Å². The number of hydrogen-bond acceptors (Lipinski definition) is 3. The maximum atomic E-state index is 13.1. The van der Waals surface area contributed by atoms with Crippen molar-refractivity contribution in [1.82, 2.24) is 4.90 Å². The summed E-state index contributed by atoms with van der Waals surface area (Å²) in [5, 5.41) is 2.96. The SMILES string of the molecule is Cc1ccccc1CC(=O)N(CC(=O)Nc1cccc(C)c1C)CC1CCCO1. The first kappa shape index (κ1) is 21.1. The lowest BCUT2D eigenvalue weighted by Crippen LogP contribution is -2.43. The Morgan fingerprint density at radius 3 is 2.55 bits per heavy atom. The summed E-state index contributed by atoms with van der Waals surface area (Å²) in [4.78, 5) is 27.4. The molecule has 1 N–H and O–H groups in total. The van der Waals surface area contributed by atoms with Gasteiger partial charge in [-0.25, -0.2) is 0 Å². The molecule has 5 heteroatoms. The molecule has 154 valence electrons. The molecule has 2 aromatic carbocycles. The number of nitrogens with zero attached hydrogens (tertiary/aromatic N) is 1. The van der Waals surface area contributed by atoms with Gasteiger partial charge in [-0.2, -0.15) is 0 Å². The molecular weight excluding hydrogens is 364 g/mol. The summed E-state index contributed by atoms with van der Waals surface area (Å²) in [5.74, 6) is -0.235. The van der Waals surface area contributed by atoms with E-state index in [-0.39, 0.29) is 30.9 Å². The fraction of sp³-hybridized carbons (Fsp3) is 0.417. The van der Waals surface area contributed by atoms with Crippen molar-refractivity contribution in [2.24, 2.45) is 0 Å². The number of amides is 2. The molecule has 1 saturated heterocycles. The molecule has 0 saturated carbocycles. The highest BCUT2D eigenvalue weighted by Gasteiger charge is 2.25. The molecule has 5 nitrogen and oxygen atoms in total. The molecule has 0 aliphatic carbocycles. The van der Waals surface area contributed by atoms with E-state index in [1.54, 1.807) is 4.90 Å². The van der Waals surface area contributed by atoms with Crippen LogP contribution in [0.4, 0.5) is 5.69 Å². The zero-order valence-electron chi connectivity index (χ0n) is 17.5. The van der Waals surface area contributed by atoms with E-state index < -0.39 is 0 Å². The van der Waals surface area contributed by atoms with Gasteiger partial charge in [-0.3, -0.25) is 9.59 Å². The molecule has 2 amide bonds. The highest BCUT2D eigenvalue weighted by Crippen LogP contribution is 2.19. The average molecular weight is 395 g/mol. The van der Waals surface area contributed by atoms with Crippen LogP contribution in [0.2, 0.25) is 0 Å². The second-order valence-corrected chi connectivity index (χ2v) is 7.81. The molecule has 29 heavy (non-hydrogen) atoms. The van der Waals surface area contributed by atoms with Crippen LogP contribution in [-0.2, 0) is 20.7 Å². The van der Waals surface area contributed by atoms with Gasteiger partial charge in [0.05, 0.1) is 19.1 Å². The standard InChI is InChI=1S/C24H30N2O3/c1-17-9-6-12-22(19(17)3)25-23(27)16-26(15-21-11-7-13-29-21)24(28)14-20-10-5-4-8-18(20)2/h4-6,8-10,12,21H,7,11,13-16H2,1-3H3,(H,25,27). The lowest BCUT2D eigenvalue weighted by atomic mass is 10.0. The number of benzene rings is 2. The number of carbonyl (C=O) groups excluding carboxylic acids is 2. The second-order valence-electron chi connectivity index (χ2n) is 7.81. The molecule has 1 unspecified atom stereocenters. The summed E-state index contributed by atoms with van der Waals surface area (Å²) >= 11 is 0. The predicted molar refractivity (Wildman–Crippen MR) is 115 cm³/mol. The summed E-state index contributed by atoms with van der Waals surface area (Å²) in [5.41, 5.74) is 5.02. The molecule has 1 atom stereocenters. The topological polar surface area (TPSA) is 58.6 Å². The lowest BCUT2D eigenvalue weighted by molar-refractivity contribution is -0.135. The van der Waals surface area contributed by atoms with Crippen LogP contribution in [0, 0.1) is 20.8 Å². The van der Waals surface area contributed by atoms with Crippen LogP contribution in [0.25, 0.3) is 0 Å². The third-order valence-corrected chi connectivity index (χ3v) is 5.62. The Bertz CT molecular complexity index is 872. The van der Waals surface area contributed by atoms with E-state index >= 15 is 0 Å². The first-order chi connectivity index (χ1) is 13.9. The van der Waals surface area contributed by atoms with E-state index in [0.29, 0.717) is 6.54 Å². The molecule has 1 fully saturated rings. The molecule has 1 heterocycles. The highest BCUT2D eigenvalue weighted by atomic mass is 16.5. The molecule has 0 aromatic heterocycles. The largest absolute Gasteiger partial charge is 0.376 e. The first-order valence-corrected chi connectivity index (χ1v) is 10.2. The first-order valence-electron chi connectivity index (χ1n) is 10.2. The van der Waals surface area contributed by atoms with Gasteiger partial charge in [0.2, 0.25) is 11.8 Å². The Labute approximate surface area is 173 Å². The lowest BCUT2D eigenvalue weighted by Gasteiger charge is -2.25. The van der Waals surface area contributed by atoms with Gasteiger partial charge in [-0.05, 0) is 61.9 Å². The van der Waals surface area contributed by atoms with E-state index in [4.69, 9.17) is 4.74 Å². The molecule has 0 spiro atoms. The summed E-state index contributed by atoms with van der Waals surface area (Å²) in [7, 11) is 0. The van der Waals surface area contributed by atoms with Gasteiger partial charge in [0.15, 0.2) is 0 Å². The van der Waals surface area contributed by atoms with E-state index in [0.717, 1.165) is 47.4 Å². The Balaban J connectivity index is 1.70. The van der Waals surface area contributed by atoms with Crippen LogP contribution in [-0.4, -0.2) is 42.5 Å². The number of ether oxygens (including phenoxy) is 1. The number of carbonyl (C=O) groups is 2. The molecule has 0 bridgehead atoms. The zero-order valence-corrected chi connectivity index (χ0v) is 17.5. The smallest absolute Gasteiger partial charge is 0.244 e. The van der Waals surface area contributed by atoms with Crippen LogP contribution in [0.3, 0.4) is 0 Å². The molecule has 1 aliphatic rings. The van der Waals surface area contributed by atoms with Crippen molar-refractivity contribution < 1.29 is 14.3 Å². The van der Waals surface area contributed by atoms with Gasteiger partial charge in [0.1, 0.15) is 0 Å². The minimum atomic E-state index is -0.185. The van der Waals surface area contributed by atoms with E-state index in [1.165, 1.54) is 0 Å². The summed E-state index contributed by atoms with van der Waals surface area (Å²) in [6.07, 6.45) is 2.21. The molecule has 3 rings (SSSR count). The Morgan fingerprint density at radius 1 is 1.07 bits per heavy atom. The number of nitrogens with one attached hydrogen (secondary N) is 1. The molecule has 2 aromatic rings. The summed E-state index contributed by atoms with van der Waals surface area (Å²) in [6, 6.07) is 13.7. The van der Waals surface area contributed by atoms with Crippen molar-refractivity contribution in [1.29, 1.82) is 0 Å². The van der Waals surface area contributed by atoms with E-state index in [1.807, 2.05) is 63.2 Å². The van der Waals surface area contributed by atoms with Crippen molar-refractivity contribution in [2.45, 2.75) is 46.1 Å². The normalized spacial score (nSPS) is 15.9. The van der Waals surface area contributed by atoms with Crippen molar-refractivity contribution in [2.75, 3.05) is 25.0 Å². The maximum Gasteiger partial charge on any atom is 0.244 e. The van der Waals surface area contributed by atoms with Crippen molar-refractivity contribution in [3.8, 4) is 0 Å². The van der Waals surface area contributed by atoms with Crippen LogP contribution in [0.1, 0.15) is 35.1 Å². The van der Waals surface area contributed by atoms with Gasteiger partial charge < -0.3 is 15.0 Å².